The number of nitrogens with one attached hydrogen (secondary N) is 1. The minimum absolute atomic E-state index is 0.0513. The van der Waals surface area contributed by atoms with Crippen molar-refractivity contribution in [3.63, 3.8) is 0 Å². The number of hydrogen-bond acceptors (Lipinski definition) is 4. The van der Waals surface area contributed by atoms with E-state index in [1.54, 1.807) is 0 Å². The fourth-order valence-electron chi connectivity index (χ4n) is 2.90. The molecule has 1 saturated heterocycles. The second-order valence-corrected chi connectivity index (χ2v) is 7.77. The van der Waals surface area contributed by atoms with Crippen molar-refractivity contribution in [2.24, 2.45) is 0 Å². The van der Waals surface area contributed by atoms with Crippen LogP contribution in [0.25, 0.3) is 0 Å². The maximum Gasteiger partial charge on any atom is 0.416 e. The van der Waals surface area contributed by atoms with Crippen LogP contribution in [0.15, 0.2) is 40.9 Å². The predicted octanol–water partition coefficient (Wildman–Crippen LogP) is 5.57. The molecule has 0 aliphatic carbocycles. The van der Waals surface area contributed by atoms with Crippen LogP contribution in [0.4, 0.5) is 36.8 Å². The number of alkyl halides is 6. The van der Waals surface area contributed by atoms with Gasteiger partial charge in [0.2, 0.25) is 0 Å². The van der Waals surface area contributed by atoms with Crippen molar-refractivity contribution in [3.8, 4) is 5.75 Å². The summed E-state index contributed by atoms with van der Waals surface area (Å²) in [6.45, 7) is 1.09. The first-order chi connectivity index (χ1) is 15.3. The summed E-state index contributed by atoms with van der Waals surface area (Å²) >= 11 is 3.12. The first kappa shape index (κ1) is 24.8. The van der Waals surface area contributed by atoms with E-state index in [9.17, 15) is 35.9 Å². The summed E-state index contributed by atoms with van der Waals surface area (Å²) in [5.74, 6) is -1.30. The van der Waals surface area contributed by atoms with E-state index in [4.69, 9.17) is 9.47 Å². The Balaban J connectivity index is 1.90. The van der Waals surface area contributed by atoms with Gasteiger partial charge < -0.3 is 19.7 Å². The first-order valence-corrected chi connectivity index (χ1v) is 10.1. The molecular formula is C20H15BrF6N2O4. The first-order valence-electron chi connectivity index (χ1n) is 9.29. The van der Waals surface area contributed by atoms with E-state index in [1.165, 1.54) is 23.1 Å². The fraction of sp³-hybridized carbons (Fsp3) is 0.300. The van der Waals surface area contributed by atoms with E-state index in [2.05, 4.69) is 15.9 Å². The van der Waals surface area contributed by atoms with Crippen molar-refractivity contribution in [2.75, 3.05) is 31.6 Å². The zero-order chi connectivity index (χ0) is 24.4. The Bertz CT molecular complexity index is 1020. The average molecular weight is 541 g/mol. The number of carbonyl (C=O) groups is 2. The van der Waals surface area contributed by atoms with Gasteiger partial charge in [-0.25, -0.2) is 4.79 Å². The van der Waals surface area contributed by atoms with Gasteiger partial charge in [0, 0.05) is 23.2 Å². The molecule has 0 aromatic heterocycles. The lowest BCUT2D eigenvalue weighted by Crippen LogP contribution is -2.42. The molecule has 0 atom stereocenters. The van der Waals surface area contributed by atoms with Crippen molar-refractivity contribution in [1.29, 1.82) is 0 Å². The molecular weight excluding hydrogens is 526 g/mol. The van der Waals surface area contributed by atoms with Crippen LogP contribution < -0.4 is 10.1 Å². The van der Waals surface area contributed by atoms with E-state index < -0.39 is 41.2 Å². The van der Waals surface area contributed by atoms with Gasteiger partial charge in [0.1, 0.15) is 5.75 Å². The molecule has 6 nitrogen and oxygen atoms in total. The summed E-state index contributed by atoms with van der Waals surface area (Å²) in [4.78, 5) is 26.4. The summed E-state index contributed by atoms with van der Waals surface area (Å²) in [6.07, 6.45) is -10.9. The third kappa shape index (κ3) is 6.38. The summed E-state index contributed by atoms with van der Waals surface area (Å²) in [5.41, 5.74) is -4.17. The van der Waals surface area contributed by atoms with Crippen LogP contribution in [0.2, 0.25) is 0 Å². The number of anilines is 1. The molecule has 1 N–H and O–H groups in total. The predicted molar refractivity (Wildman–Crippen MR) is 107 cm³/mol. The van der Waals surface area contributed by atoms with Gasteiger partial charge in [-0.15, -0.1) is 0 Å². The largest absolute Gasteiger partial charge is 0.416 e. The van der Waals surface area contributed by atoms with Crippen LogP contribution in [0.3, 0.4) is 0 Å². The zero-order valence-electron chi connectivity index (χ0n) is 16.5. The van der Waals surface area contributed by atoms with Crippen LogP contribution in [0.5, 0.6) is 5.75 Å². The summed E-state index contributed by atoms with van der Waals surface area (Å²) in [5, 5.41) is 2.02. The number of nitrogens with zero attached hydrogens (tertiary/aromatic N) is 1. The Hall–Kier alpha value is -2.80. The number of hydrogen-bond donors (Lipinski definition) is 1. The monoisotopic (exact) mass is 540 g/mol. The highest BCUT2D eigenvalue weighted by molar-refractivity contribution is 9.10. The molecule has 1 fully saturated rings. The highest BCUT2D eigenvalue weighted by Crippen LogP contribution is 2.38. The molecule has 178 valence electrons. The third-order valence-electron chi connectivity index (χ3n) is 4.50. The maximum absolute atomic E-state index is 13.1. The lowest BCUT2D eigenvalue weighted by atomic mass is 10.1. The van der Waals surface area contributed by atoms with Crippen molar-refractivity contribution in [1.82, 2.24) is 4.90 Å². The number of amides is 2. The Labute approximate surface area is 191 Å². The van der Waals surface area contributed by atoms with Gasteiger partial charge in [-0.05, 0) is 36.4 Å². The molecule has 33 heavy (non-hydrogen) atoms. The minimum atomic E-state index is -5.07. The quantitative estimate of drug-likeness (QED) is 0.517. The van der Waals surface area contributed by atoms with Gasteiger partial charge in [-0.2, -0.15) is 26.3 Å². The van der Waals surface area contributed by atoms with Gasteiger partial charge in [0.15, 0.2) is 0 Å². The molecule has 1 heterocycles. The molecule has 1 aliphatic rings. The van der Waals surface area contributed by atoms with Crippen LogP contribution in [0, 0.1) is 0 Å². The second-order valence-electron chi connectivity index (χ2n) is 6.86. The van der Waals surface area contributed by atoms with Crippen molar-refractivity contribution < 1.29 is 45.4 Å². The average Bonchev–Trinajstić information content (AvgIpc) is 2.74. The molecule has 1 aliphatic heterocycles. The van der Waals surface area contributed by atoms with Gasteiger partial charge in [0.05, 0.1) is 29.9 Å². The lowest BCUT2D eigenvalue weighted by Gasteiger charge is -2.26. The maximum atomic E-state index is 13.1. The molecule has 13 heteroatoms. The molecule has 0 bridgehead atoms. The van der Waals surface area contributed by atoms with E-state index >= 15 is 0 Å². The van der Waals surface area contributed by atoms with Gasteiger partial charge >= 0.3 is 18.4 Å². The Morgan fingerprint density at radius 3 is 2.06 bits per heavy atom. The lowest BCUT2D eigenvalue weighted by molar-refractivity contribution is -0.143. The van der Waals surface area contributed by atoms with Gasteiger partial charge in [-0.1, -0.05) is 15.9 Å². The molecule has 2 amide bonds. The third-order valence-corrected chi connectivity index (χ3v) is 4.99. The van der Waals surface area contributed by atoms with Crippen LogP contribution in [-0.4, -0.2) is 43.2 Å². The Morgan fingerprint density at radius 2 is 1.52 bits per heavy atom. The number of benzene rings is 2. The molecule has 2 aromatic rings. The topological polar surface area (TPSA) is 67.9 Å². The number of morpholine rings is 1. The molecule has 0 spiro atoms. The number of rotatable bonds is 3. The molecule has 0 radical (unpaired) electrons. The summed E-state index contributed by atoms with van der Waals surface area (Å²) in [6, 6.07) is 4.64. The fourth-order valence-corrected chi connectivity index (χ4v) is 3.26. The van der Waals surface area contributed by atoms with Crippen molar-refractivity contribution >= 4 is 33.6 Å². The molecule has 0 saturated carbocycles. The SMILES string of the molecule is O=C(Nc1cc(C(F)(F)F)cc(C(F)(F)F)c1)c1cc(Br)ccc1OC(=O)N1CCOCC1. The van der Waals surface area contributed by atoms with Crippen molar-refractivity contribution in [3.05, 3.63) is 57.6 Å². The van der Waals surface area contributed by atoms with E-state index in [0.29, 0.717) is 29.8 Å². The smallest absolute Gasteiger partial charge is 0.409 e. The molecule has 0 unspecified atom stereocenters. The molecule has 3 rings (SSSR count). The van der Waals surface area contributed by atoms with Gasteiger partial charge in [0.25, 0.3) is 5.91 Å². The standard InChI is InChI=1S/C20H15BrF6N2O4/c21-13-1-2-16(33-18(31)29-3-5-32-6-4-29)15(10-13)17(30)28-14-8-11(19(22,23)24)7-12(9-14)20(25,26)27/h1-2,7-10H,3-6H2,(H,28,30). The minimum Gasteiger partial charge on any atom is -0.409 e. The highest BCUT2D eigenvalue weighted by atomic mass is 79.9. The van der Waals surface area contributed by atoms with Crippen LogP contribution in [-0.2, 0) is 17.1 Å². The highest BCUT2D eigenvalue weighted by Gasteiger charge is 2.37. The Morgan fingerprint density at radius 1 is 0.939 bits per heavy atom. The van der Waals surface area contributed by atoms with E-state index in [1.807, 2.05) is 5.32 Å². The molecule has 2 aromatic carbocycles. The van der Waals surface area contributed by atoms with E-state index in [-0.39, 0.29) is 30.5 Å². The summed E-state index contributed by atoms with van der Waals surface area (Å²) < 4.78 is 89.2. The van der Waals surface area contributed by atoms with Crippen LogP contribution in [0.1, 0.15) is 21.5 Å². The normalized spacial score (nSPS) is 14.7. The van der Waals surface area contributed by atoms with Gasteiger partial charge in [-0.3, -0.25) is 4.79 Å². The Kier molecular flexibility index (Phi) is 7.22. The number of halogens is 7. The van der Waals surface area contributed by atoms with E-state index in [0.717, 1.165) is 0 Å². The zero-order valence-corrected chi connectivity index (χ0v) is 18.1. The number of ether oxygens (including phenoxy) is 2. The van der Waals surface area contributed by atoms with Crippen molar-refractivity contribution in [2.45, 2.75) is 12.4 Å². The number of carbonyl (C=O) groups excluding carboxylic acids is 2. The van der Waals surface area contributed by atoms with Crippen LogP contribution >= 0.6 is 15.9 Å². The second kappa shape index (κ2) is 9.59. The summed E-state index contributed by atoms with van der Waals surface area (Å²) in [7, 11) is 0.